The van der Waals surface area contributed by atoms with Crippen molar-refractivity contribution in [1.82, 2.24) is 0 Å². The summed E-state index contributed by atoms with van der Waals surface area (Å²) in [6.07, 6.45) is 0. The summed E-state index contributed by atoms with van der Waals surface area (Å²) in [7, 11) is 1.00. The third-order valence-electron chi connectivity index (χ3n) is 1.67. The number of aromatic carboxylic acids is 3. The van der Waals surface area contributed by atoms with E-state index in [1.54, 1.807) is 0 Å². The van der Waals surface area contributed by atoms with Crippen molar-refractivity contribution in [2.45, 2.75) is 0 Å². The molecular weight excluding hydrogens is 268 g/mol. The molecule has 0 aromatic heterocycles. The van der Waals surface area contributed by atoms with Crippen molar-refractivity contribution in [2.75, 3.05) is 7.11 Å². The molecule has 4 N–H and O–H groups in total. The molecule has 0 saturated heterocycles. The zero-order valence-electron chi connectivity index (χ0n) is 9.15. The van der Waals surface area contributed by atoms with Crippen molar-refractivity contribution >= 4 is 30.3 Å². The van der Waals surface area contributed by atoms with Crippen LogP contribution in [0, 0.1) is 0 Å². The molecule has 0 saturated carbocycles. The van der Waals surface area contributed by atoms with E-state index in [-0.39, 0.29) is 29.1 Å². The maximum absolute atomic E-state index is 10.6. The highest BCUT2D eigenvalue weighted by Crippen LogP contribution is 2.11. The molecule has 0 heterocycles. The van der Waals surface area contributed by atoms with Gasteiger partial charge in [0.2, 0.25) is 0 Å². The van der Waals surface area contributed by atoms with Gasteiger partial charge in [-0.3, -0.25) is 0 Å². The smallest absolute Gasteiger partial charge is 0.335 e. The normalized spacial score (nSPS) is 8.33. The third-order valence-corrected chi connectivity index (χ3v) is 1.67. The molecule has 0 atom stereocenters. The molecule has 0 aliphatic heterocycles. The van der Waals surface area contributed by atoms with Crippen LogP contribution >= 0.6 is 12.4 Å². The fourth-order valence-electron chi connectivity index (χ4n) is 0.998. The van der Waals surface area contributed by atoms with Crippen molar-refractivity contribution in [2.24, 2.45) is 0 Å². The minimum Gasteiger partial charge on any atom is -0.478 e. The van der Waals surface area contributed by atoms with Gasteiger partial charge >= 0.3 is 17.9 Å². The number of carbonyl (C=O) groups is 3. The summed E-state index contributed by atoms with van der Waals surface area (Å²) in [5.74, 6) is -4.12. The Bertz CT molecular complexity index is 377. The van der Waals surface area contributed by atoms with Crippen LogP contribution in [0.2, 0.25) is 0 Å². The minimum atomic E-state index is -1.37. The van der Waals surface area contributed by atoms with Crippen molar-refractivity contribution in [3.63, 3.8) is 0 Å². The molecule has 0 fully saturated rings. The lowest BCUT2D eigenvalue weighted by Crippen LogP contribution is -2.07. The molecule has 0 aliphatic carbocycles. The van der Waals surface area contributed by atoms with Crippen molar-refractivity contribution in [3.05, 3.63) is 34.9 Å². The summed E-state index contributed by atoms with van der Waals surface area (Å²) in [5, 5.41) is 32.8. The summed E-state index contributed by atoms with van der Waals surface area (Å²) in [5.41, 5.74) is -1.10. The first kappa shape index (κ1) is 18.3. The average Bonchev–Trinajstić information content (AvgIpc) is 2.30. The van der Waals surface area contributed by atoms with Crippen LogP contribution in [0.5, 0.6) is 0 Å². The highest BCUT2D eigenvalue weighted by atomic mass is 35.5. The number of carboxylic acid groups (broad SMARTS) is 3. The fraction of sp³-hybridized carbons (Fsp3) is 0.100. The molecule has 0 unspecified atom stereocenters. The molecule has 18 heavy (non-hydrogen) atoms. The van der Waals surface area contributed by atoms with Gasteiger partial charge in [0.1, 0.15) is 0 Å². The van der Waals surface area contributed by atoms with Crippen molar-refractivity contribution < 1.29 is 34.8 Å². The molecule has 0 bridgehead atoms. The Morgan fingerprint density at radius 1 is 0.722 bits per heavy atom. The second kappa shape index (κ2) is 8.04. The minimum absolute atomic E-state index is 0. The lowest BCUT2D eigenvalue weighted by Gasteiger charge is -2.00. The Morgan fingerprint density at radius 3 is 1.00 bits per heavy atom. The molecule has 0 aliphatic rings. The summed E-state index contributed by atoms with van der Waals surface area (Å²) < 4.78 is 0. The molecular formula is C10H11ClO7. The highest BCUT2D eigenvalue weighted by Gasteiger charge is 2.14. The first-order chi connectivity index (χ1) is 7.91. The Morgan fingerprint density at radius 2 is 0.889 bits per heavy atom. The van der Waals surface area contributed by atoms with Crippen LogP contribution in [0.3, 0.4) is 0 Å². The lowest BCUT2D eigenvalue weighted by atomic mass is 10.1. The van der Waals surface area contributed by atoms with Gasteiger partial charge in [0, 0.05) is 7.11 Å². The van der Waals surface area contributed by atoms with Gasteiger partial charge in [-0.25, -0.2) is 14.4 Å². The van der Waals surface area contributed by atoms with E-state index in [0.29, 0.717) is 0 Å². The van der Waals surface area contributed by atoms with Crippen LogP contribution in [0.1, 0.15) is 31.1 Å². The fourth-order valence-corrected chi connectivity index (χ4v) is 0.998. The molecule has 100 valence electrons. The number of hydrogen-bond donors (Lipinski definition) is 4. The SMILES string of the molecule is CO.Cl.O=C(O)c1cc(C(=O)O)cc(C(=O)O)c1. The maximum atomic E-state index is 10.6. The average molecular weight is 279 g/mol. The maximum Gasteiger partial charge on any atom is 0.335 e. The predicted molar refractivity (Wildman–Crippen MR) is 62.7 cm³/mol. The van der Waals surface area contributed by atoms with Crippen LogP contribution < -0.4 is 0 Å². The van der Waals surface area contributed by atoms with E-state index in [1.807, 2.05) is 0 Å². The number of aliphatic hydroxyl groups excluding tert-OH is 1. The quantitative estimate of drug-likeness (QED) is 0.643. The van der Waals surface area contributed by atoms with Gasteiger partial charge in [-0.2, -0.15) is 0 Å². The number of aliphatic hydroxyl groups is 1. The lowest BCUT2D eigenvalue weighted by molar-refractivity contribution is 0.0696. The monoisotopic (exact) mass is 278 g/mol. The van der Waals surface area contributed by atoms with Crippen LogP contribution in [0.15, 0.2) is 18.2 Å². The number of carboxylic acids is 3. The Hall–Kier alpha value is -2.12. The number of benzene rings is 1. The molecule has 1 aromatic carbocycles. The van der Waals surface area contributed by atoms with E-state index in [4.69, 9.17) is 20.4 Å². The van der Waals surface area contributed by atoms with Crippen molar-refractivity contribution in [3.8, 4) is 0 Å². The first-order valence-electron chi connectivity index (χ1n) is 4.21. The second-order valence-electron chi connectivity index (χ2n) is 2.71. The van der Waals surface area contributed by atoms with E-state index in [2.05, 4.69) is 0 Å². The van der Waals surface area contributed by atoms with Gasteiger partial charge in [-0.1, -0.05) is 0 Å². The molecule has 8 heteroatoms. The highest BCUT2D eigenvalue weighted by molar-refractivity contribution is 5.98. The molecule has 1 rings (SSSR count). The van der Waals surface area contributed by atoms with Gasteiger partial charge in [0.05, 0.1) is 16.7 Å². The second-order valence-corrected chi connectivity index (χ2v) is 2.71. The largest absolute Gasteiger partial charge is 0.478 e. The van der Waals surface area contributed by atoms with Gasteiger partial charge in [0.15, 0.2) is 0 Å². The molecule has 1 aromatic rings. The van der Waals surface area contributed by atoms with Gasteiger partial charge in [0.25, 0.3) is 0 Å². The van der Waals surface area contributed by atoms with Crippen LogP contribution in [-0.4, -0.2) is 45.4 Å². The standard InChI is InChI=1S/C9H6O6.CH4O.ClH/c10-7(11)4-1-5(8(12)13)3-6(2-4)9(14)15;1-2;/h1-3H,(H,10,11)(H,12,13)(H,14,15);2H,1H3;1H. The van der Waals surface area contributed by atoms with Crippen LogP contribution in [0.25, 0.3) is 0 Å². The number of rotatable bonds is 3. The van der Waals surface area contributed by atoms with Gasteiger partial charge < -0.3 is 20.4 Å². The van der Waals surface area contributed by atoms with E-state index in [1.165, 1.54) is 0 Å². The number of halogens is 1. The Kier molecular flexibility index (Phi) is 8.15. The Balaban J connectivity index is 0. The summed E-state index contributed by atoms with van der Waals surface area (Å²) in [4.78, 5) is 31.7. The van der Waals surface area contributed by atoms with Gasteiger partial charge in [-0.05, 0) is 18.2 Å². The van der Waals surface area contributed by atoms with E-state index >= 15 is 0 Å². The van der Waals surface area contributed by atoms with Crippen LogP contribution in [-0.2, 0) is 0 Å². The number of hydrogen-bond acceptors (Lipinski definition) is 4. The summed E-state index contributed by atoms with van der Waals surface area (Å²) in [6, 6.07) is 2.70. The topological polar surface area (TPSA) is 132 Å². The van der Waals surface area contributed by atoms with E-state index in [0.717, 1.165) is 25.3 Å². The van der Waals surface area contributed by atoms with Crippen molar-refractivity contribution in [1.29, 1.82) is 0 Å². The first-order valence-corrected chi connectivity index (χ1v) is 4.21. The van der Waals surface area contributed by atoms with Gasteiger partial charge in [-0.15, -0.1) is 12.4 Å². The Labute approximate surface area is 108 Å². The molecule has 0 radical (unpaired) electrons. The molecule has 7 nitrogen and oxygen atoms in total. The zero-order chi connectivity index (χ0) is 13.6. The summed E-state index contributed by atoms with van der Waals surface area (Å²) >= 11 is 0. The summed E-state index contributed by atoms with van der Waals surface area (Å²) in [6.45, 7) is 0. The van der Waals surface area contributed by atoms with Crippen LogP contribution in [0.4, 0.5) is 0 Å². The van der Waals surface area contributed by atoms with E-state index < -0.39 is 17.9 Å². The third kappa shape index (κ3) is 4.81. The molecule has 0 amide bonds. The predicted octanol–water partition coefficient (Wildman–Crippen LogP) is 0.812. The van der Waals surface area contributed by atoms with E-state index in [9.17, 15) is 14.4 Å². The zero-order valence-corrected chi connectivity index (χ0v) is 9.97. The molecule has 0 spiro atoms.